The monoisotopic (exact) mass is 448 g/mol. The largest absolute Gasteiger partial charge is 0.497 e. The summed E-state index contributed by atoms with van der Waals surface area (Å²) in [7, 11) is -2.31. The summed E-state index contributed by atoms with van der Waals surface area (Å²) >= 11 is 0. The Bertz CT molecular complexity index is 1170. The van der Waals surface area contributed by atoms with Crippen LogP contribution in [-0.4, -0.2) is 28.0 Å². The van der Waals surface area contributed by atoms with Gasteiger partial charge in [0.05, 0.1) is 12.0 Å². The maximum atomic E-state index is 13.2. The van der Waals surface area contributed by atoms with Crippen molar-refractivity contribution in [1.82, 2.24) is 0 Å². The lowest BCUT2D eigenvalue weighted by Crippen LogP contribution is -2.20. The molecule has 0 saturated heterocycles. The molecule has 2 N–H and O–H groups in total. The van der Waals surface area contributed by atoms with E-state index < -0.39 is 34.2 Å². The van der Waals surface area contributed by atoms with Gasteiger partial charge in [-0.25, -0.2) is 17.2 Å². The van der Waals surface area contributed by atoms with E-state index in [1.165, 1.54) is 37.4 Å². The van der Waals surface area contributed by atoms with Gasteiger partial charge in [-0.1, -0.05) is 0 Å². The van der Waals surface area contributed by atoms with Crippen LogP contribution in [0.5, 0.6) is 11.5 Å². The average Bonchev–Trinajstić information content (AvgIpc) is 2.75. The number of methoxy groups -OCH3 is 1. The highest BCUT2D eigenvalue weighted by molar-refractivity contribution is 7.92. The fourth-order valence-electron chi connectivity index (χ4n) is 2.51. The summed E-state index contributed by atoms with van der Waals surface area (Å²) in [6.45, 7) is -0.408. The van der Waals surface area contributed by atoms with Crippen molar-refractivity contribution < 1.29 is 31.5 Å². The first-order valence-electron chi connectivity index (χ1n) is 8.91. The molecule has 3 aromatic rings. The van der Waals surface area contributed by atoms with E-state index in [0.29, 0.717) is 11.4 Å². The standard InChI is InChI=1S/C21H18F2N2O5S/c1-29-16-5-2-14(3-6-16)25-31(27,28)18-9-7-17(8-10-18)30-13-21(26)24-15-4-11-19(22)20(23)12-15/h2-12,25H,13H2,1H3,(H,24,26). The molecule has 0 saturated carbocycles. The second-order valence-corrected chi connectivity index (χ2v) is 7.95. The number of rotatable bonds is 8. The smallest absolute Gasteiger partial charge is 0.262 e. The van der Waals surface area contributed by atoms with E-state index in [1.807, 2.05) is 0 Å². The number of halogens is 2. The summed E-state index contributed by atoms with van der Waals surface area (Å²) in [6, 6.07) is 14.8. The van der Waals surface area contributed by atoms with Gasteiger partial charge < -0.3 is 14.8 Å². The molecule has 0 aliphatic heterocycles. The van der Waals surface area contributed by atoms with E-state index in [0.717, 1.165) is 12.1 Å². The number of carbonyl (C=O) groups excluding carboxylic acids is 1. The second kappa shape index (κ2) is 9.43. The highest BCUT2D eigenvalue weighted by Crippen LogP contribution is 2.21. The van der Waals surface area contributed by atoms with Gasteiger partial charge in [0.2, 0.25) is 0 Å². The number of ether oxygens (including phenoxy) is 2. The summed E-state index contributed by atoms with van der Waals surface area (Å²) in [5.41, 5.74) is 0.452. The van der Waals surface area contributed by atoms with Crippen molar-refractivity contribution >= 4 is 27.3 Å². The Morgan fingerprint density at radius 1 is 0.871 bits per heavy atom. The molecule has 10 heteroatoms. The molecule has 7 nitrogen and oxygen atoms in total. The molecule has 0 aromatic heterocycles. The zero-order valence-electron chi connectivity index (χ0n) is 16.3. The molecule has 0 unspecified atom stereocenters. The van der Waals surface area contributed by atoms with Crippen molar-refractivity contribution in [3.63, 3.8) is 0 Å². The zero-order chi connectivity index (χ0) is 22.4. The van der Waals surface area contributed by atoms with E-state index >= 15 is 0 Å². The molecule has 3 aromatic carbocycles. The minimum Gasteiger partial charge on any atom is -0.497 e. The number of amides is 1. The van der Waals surface area contributed by atoms with Crippen LogP contribution in [-0.2, 0) is 14.8 Å². The molecule has 31 heavy (non-hydrogen) atoms. The summed E-state index contributed by atoms with van der Waals surface area (Å²) < 4.78 is 63.8. The number of sulfonamides is 1. The number of benzene rings is 3. The molecule has 3 rings (SSSR count). The van der Waals surface area contributed by atoms with Gasteiger partial charge in [0.25, 0.3) is 15.9 Å². The van der Waals surface area contributed by atoms with E-state index in [4.69, 9.17) is 9.47 Å². The van der Waals surface area contributed by atoms with Crippen LogP contribution < -0.4 is 19.5 Å². The van der Waals surface area contributed by atoms with Crippen LogP contribution in [0.1, 0.15) is 0 Å². The van der Waals surface area contributed by atoms with Crippen LogP contribution in [0.2, 0.25) is 0 Å². The summed E-state index contributed by atoms with van der Waals surface area (Å²) in [5, 5.41) is 2.37. The Morgan fingerprint density at radius 2 is 1.48 bits per heavy atom. The topological polar surface area (TPSA) is 93.7 Å². The quantitative estimate of drug-likeness (QED) is 0.547. The van der Waals surface area contributed by atoms with Crippen molar-refractivity contribution in [3.05, 3.63) is 78.4 Å². The molecule has 0 aliphatic rings. The van der Waals surface area contributed by atoms with E-state index in [2.05, 4.69) is 10.0 Å². The van der Waals surface area contributed by atoms with Gasteiger partial charge in [-0.15, -0.1) is 0 Å². The molecule has 0 bridgehead atoms. The maximum absolute atomic E-state index is 13.2. The van der Waals surface area contributed by atoms with Crippen molar-refractivity contribution in [2.75, 3.05) is 23.8 Å². The fourth-order valence-corrected chi connectivity index (χ4v) is 3.57. The van der Waals surface area contributed by atoms with E-state index in [-0.39, 0.29) is 16.3 Å². The van der Waals surface area contributed by atoms with Crippen LogP contribution in [0, 0.1) is 11.6 Å². The van der Waals surface area contributed by atoms with E-state index in [1.54, 1.807) is 24.3 Å². The van der Waals surface area contributed by atoms with Crippen LogP contribution in [0.4, 0.5) is 20.2 Å². The first-order chi connectivity index (χ1) is 14.8. The Morgan fingerprint density at radius 3 is 2.10 bits per heavy atom. The van der Waals surface area contributed by atoms with Gasteiger partial charge in [0, 0.05) is 17.4 Å². The molecule has 0 aliphatic carbocycles. The maximum Gasteiger partial charge on any atom is 0.262 e. The number of anilines is 2. The first-order valence-corrected chi connectivity index (χ1v) is 10.4. The number of hydrogen-bond donors (Lipinski definition) is 2. The Kier molecular flexibility index (Phi) is 6.71. The van der Waals surface area contributed by atoms with Gasteiger partial charge in [-0.05, 0) is 60.7 Å². The van der Waals surface area contributed by atoms with Gasteiger partial charge >= 0.3 is 0 Å². The van der Waals surface area contributed by atoms with Crippen LogP contribution in [0.25, 0.3) is 0 Å². The lowest BCUT2D eigenvalue weighted by molar-refractivity contribution is -0.118. The molecule has 0 heterocycles. The highest BCUT2D eigenvalue weighted by atomic mass is 32.2. The number of carbonyl (C=O) groups is 1. The molecule has 0 spiro atoms. The van der Waals surface area contributed by atoms with Gasteiger partial charge in [-0.3, -0.25) is 9.52 Å². The molecule has 0 atom stereocenters. The summed E-state index contributed by atoms with van der Waals surface area (Å²) in [6.07, 6.45) is 0. The van der Waals surface area contributed by atoms with Crippen LogP contribution in [0.3, 0.4) is 0 Å². The molecule has 0 radical (unpaired) electrons. The first kappa shape index (κ1) is 22.0. The third-order valence-corrected chi connectivity index (χ3v) is 5.45. The molecule has 0 fully saturated rings. The Balaban J connectivity index is 1.57. The average molecular weight is 448 g/mol. The third-order valence-electron chi connectivity index (χ3n) is 4.05. The number of hydrogen-bond acceptors (Lipinski definition) is 5. The van der Waals surface area contributed by atoms with E-state index in [9.17, 15) is 22.0 Å². The van der Waals surface area contributed by atoms with Gasteiger partial charge in [0.15, 0.2) is 18.2 Å². The lowest BCUT2D eigenvalue weighted by atomic mass is 10.3. The van der Waals surface area contributed by atoms with Crippen molar-refractivity contribution in [2.24, 2.45) is 0 Å². The van der Waals surface area contributed by atoms with Crippen molar-refractivity contribution in [3.8, 4) is 11.5 Å². The predicted octanol–water partition coefficient (Wildman–Crippen LogP) is 3.79. The van der Waals surface area contributed by atoms with Crippen molar-refractivity contribution in [2.45, 2.75) is 4.90 Å². The summed E-state index contributed by atoms with van der Waals surface area (Å²) in [4.78, 5) is 11.9. The molecular formula is C21H18F2N2O5S. The Hall–Kier alpha value is -3.66. The second-order valence-electron chi connectivity index (χ2n) is 6.27. The van der Waals surface area contributed by atoms with Crippen LogP contribution in [0.15, 0.2) is 71.6 Å². The zero-order valence-corrected chi connectivity index (χ0v) is 17.1. The number of nitrogens with one attached hydrogen (secondary N) is 2. The third kappa shape index (κ3) is 5.92. The molecular weight excluding hydrogens is 430 g/mol. The minimum absolute atomic E-state index is 0.00177. The molecule has 162 valence electrons. The van der Waals surface area contributed by atoms with Crippen LogP contribution >= 0.6 is 0 Å². The van der Waals surface area contributed by atoms with Crippen molar-refractivity contribution in [1.29, 1.82) is 0 Å². The van der Waals surface area contributed by atoms with Gasteiger partial charge in [0.1, 0.15) is 11.5 Å². The van der Waals surface area contributed by atoms with Gasteiger partial charge in [-0.2, -0.15) is 0 Å². The normalized spacial score (nSPS) is 10.9. The summed E-state index contributed by atoms with van der Waals surface area (Å²) in [5.74, 6) is -1.85. The minimum atomic E-state index is -3.82. The fraction of sp³-hybridized carbons (Fsp3) is 0.0952. The SMILES string of the molecule is COc1ccc(NS(=O)(=O)c2ccc(OCC(=O)Nc3ccc(F)c(F)c3)cc2)cc1. The lowest BCUT2D eigenvalue weighted by Gasteiger charge is -2.10. The predicted molar refractivity (Wildman–Crippen MR) is 111 cm³/mol. The Labute approximate surface area is 177 Å². The molecule has 1 amide bonds. The highest BCUT2D eigenvalue weighted by Gasteiger charge is 2.15.